The summed E-state index contributed by atoms with van der Waals surface area (Å²) in [4.78, 5) is 13.8. The zero-order valence-corrected chi connectivity index (χ0v) is 16.1. The summed E-state index contributed by atoms with van der Waals surface area (Å²) >= 11 is 5.49. The fraction of sp³-hybridized carbons (Fsp3) is 0.333. The topological polar surface area (TPSA) is 44.4 Å². The first-order valence-corrected chi connectivity index (χ1v) is 9.52. The van der Waals surface area contributed by atoms with Crippen LogP contribution < -0.4 is 15.5 Å². The highest BCUT2D eigenvalue weighted by Gasteiger charge is 2.23. The Morgan fingerprint density at radius 3 is 2.62 bits per heavy atom. The van der Waals surface area contributed by atoms with Crippen molar-refractivity contribution in [2.24, 2.45) is 0 Å². The van der Waals surface area contributed by atoms with Gasteiger partial charge in [-0.2, -0.15) is 0 Å². The molecule has 0 unspecified atom stereocenters. The molecule has 3 rings (SSSR count). The van der Waals surface area contributed by atoms with Crippen molar-refractivity contribution in [1.82, 2.24) is 5.32 Å². The number of aryl methyl sites for hydroxylation is 1. The van der Waals surface area contributed by atoms with Gasteiger partial charge in [0.05, 0.1) is 6.04 Å². The molecular formula is C21H25N3OS. The third kappa shape index (κ3) is 4.22. The van der Waals surface area contributed by atoms with Crippen LogP contribution in [0.5, 0.6) is 0 Å². The Morgan fingerprint density at radius 2 is 2.00 bits per heavy atom. The van der Waals surface area contributed by atoms with Crippen molar-refractivity contribution >= 4 is 34.6 Å². The van der Waals surface area contributed by atoms with Gasteiger partial charge in [0.25, 0.3) is 0 Å². The van der Waals surface area contributed by atoms with Gasteiger partial charge in [0, 0.05) is 24.3 Å². The Balaban J connectivity index is 1.66. The minimum atomic E-state index is 0.179. The van der Waals surface area contributed by atoms with Crippen molar-refractivity contribution in [2.75, 3.05) is 16.8 Å². The van der Waals surface area contributed by atoms with Crippen molar-refractivity contribution < 1.29 is 4.79 Å². The largest absolute Gasteiger partial charge is 0.356 e. The number of amides is 1. The lowest BCUT2D eigenvalue weighted by molar-refractivity contribution is -0.117. The number of nitrogens with one attached hydrogen (secondary N) is 2. The second-order valence-corrected chi connectivity index (χ2v) is 7.03. The lowest BCUT2D eigenvalue weighted by Crippen LogP contribution is -2.32. The van der Waals surface area contributed by atoms with Crippen LogP contribution in [0, 0.1) is 6.92 Å². The maximum Gasteiger partial charge on any atom is 0.227 e. The molecule has 0 bridgehead atoms. The highest BCUT2D eigenvalue weighted by molar-refractivity contribution is 7.80. The molecule has 1 saturated heterocycles. The Kier molecular flexibility index (Phi) is 5.89. The van der Waals surface area contributed by atoms with E-state index in [-0.39, 0.29) is 11.9 Å². The summed E-state index contributed by atoms with van der Waals surface area (Å²) in [6.07, 6.45) is 2.52. The van der Waals surface area contributed by atoms with E-state index < -0.39 is 0 Å². The fourth-order valence-corrected chi connectivity index (χ4v) is 3.63. The van der Waals surface area contributed by atoms with Gasteiger partial charge in [-0.25, -0.2) is 0 Å². The van der Waals surface area contributed by atoms with E-state index in [0.717, 1.165) is 36.3 Å². The molecule has 0 spiro atoms. The van der Waals surface area contributed by atoms with Gasteiger partial charge in [0.1, 0.15) is 0 Å². The Hall–Kier alpha value is -2.40. The summed E-state index contributed by atoms with van der Waals surface area (Å²) in [5.41, 5.74) is 4.22. The molecule has 1 atom stereocenters. The molecule has 2 aromatic rings. The maximum absolute atomic E-state index is 12.0. The second-order valence-electron chi connectivity index (χ2n) is 6.62. The van der Waals surface area contributed by atoms with Gasteiger partial charge in [-0.15, -0.1) is 0 Å². The second kappa shape index (κ2) is 8.32. The number of nitrogens with zero attached hydrogens (tertiary/aromatic N) is 1. The molecule has 1 aliphatic rings. The predicted molar refractivity (Wildman–Crippen MR) is 112 cm³/mol. The SMILES string of the molecule is CC[C@@H](NC(=S)Nc1ccc(N2CCCC2=O)c(C)c1)c1ccccc1. The molecule has 2 N–H and O–H groups in total. The third-order valence-corrected chi connectivity index (χ3v) is 4.95. The third-order valence-electron chi connectivity index (χ3n) is 4.73. The van der Waals surface area contributed by atoms with Crippen LogP contribution in [0.2, 0.25) is 0 Å². The molecule has 136 valence electrons. The average Bonchev–Trinajstić information content (AvgIpc) is 3.06. The quantitative estimate of drug-likeness (QED) is 0.761. The fourth-order valence-electron chi connectivity index (χ4n) is 3.37. The van der Waals surface area contributed by atoms with Gasteiger partial charge < -0.3 is 15.5 Å². The van der Waals surface area contributed by atoms with Crippen LogP contribution in [0.1, 0.15) is 43.4 Å². The summed E-state index contributed by atoms with van der Waals surface area (Å²) in [5.74, 6) is 0.208. The van der Waals surface area contributed by atoms with Gasteiger partial charge in [0.15, 0.2) is 5.11 Å². The molecule has 1 heterocycles. The van der Waals surface area contributed by atoms with Gasteiger partial charge in [-0.05, 0) is 61.3 Å². The molecule has 0 saturated carbocycles. The Labute approximate surface area is 160 Å². The van der Waals surface area contributed by atoms with Crippen LogP contribution in [0.25, 0.3) is 0 Å². The van der Waals surface area contributed by atoms with E-state index in [4.69, 9.17) is 12.2 Å². The summed E-state index contributed by atoms with van der Waals surface area (Å²) in [7, 11) is 0. The number of rotatable bonds is 5. The molecule has 1 fully saturated rings. The van der Waals surface area contributed by atoms with Crippen molar-refractivity contribution in [3.8, 4) is 0 Å². The standard InChI is InChI=1S/C21H25N3OS/c1-3-18(16-8-5-4-6-9-16)23-21(26)22-17-11-12-19(15(2)14-17)24-13-7-10-20(24)25/h4-6,8-9,11-12,14,18H,3,7,10,13H2,1-2H3,(H2,22,23,26)/t18-/m1/s1. The van der Waals surface area contributed by atoms with Crippen LogP contribution in [-0.4, -0.2) is 17.6 Å². The van der Waals surface area contributed by atoms with E-state index >= 15 is 0 Å². The van der Waals surface area contributed by atoms with Crippen LogP contribution in [0.15, 0.2) is 48.5 Å². The number of carbonyl (C=O) groups excluding carboxylic acids is 1. The first-order valence-electron chi connectivity index (χ1n) is 9.12. The number of hydrogen-bond acceptors (Lipinski definition) is 2. The van der Waals surface area contributed by atoms with E-state index in [1.807, 2.05) is 48.2 Å². The lowest BCUT2D eigenvalue weighted by Gasteiger charge is -2.21. The molecule has 26 heavy (non-hydrogen) atoms. The first-order chi connectivity index (χ1) is 12.6. The summed E-state index contributed by atoms with van der Waals surface area (Å²) in [6.45, 7) is 4.97. The molecule has 1 aliphatic heterocycles. The summed E-state index contributed by atoms with van der Waals surface area (Å²) < 4.78 is 0. The maximum atomic E-state index is 12.0. The molecular weight excluding hydrogens is 342 g/mol. The van der Waals surface area contributed by atoms with Crippen LogP contribution in [0.3, 0.4) is 0 Å². The minimum Gasteiger partial charge on any atom is -0.356 e. The lowest BCUT2D eigenvalue weighted by atomic mass is 10.1. The summed E-state index contributed by atoms with van der Waals surface area (Å²) in [5, 5.41) is 7.25. The molecule has 4 nitrogen and oxygen atoms in total. The number of hydrogen-bond donors (Lipinski definition) is 2. The molecule has 1 amide bonds. The summed E-state index contributed by atoms with van der Waals surface area (Å²) in [6, 6.07) is 16.5. The van der Waals surface area contributed by atoms with Gasteiger partial charge >= 0.3 is 0 Å². The van der Waals surface area contributed by atoms with E-state index in [1.54, 1.807) is 0 Å². The minimum absolute atomic E-state index is 0.179. The van der Waals surface area contributed by atoms with Gasteiger partial charge in [-0.1, -0.05) is 37.3 Å². The molecule has 5 heteroatoms. The van der Waals surface area contributed by atoms with Gasteiger partial charge in [0.2, 0.25) is 5.91 Å². The Morgan fingerprint density at radius 1 is 1.23 bits per heavy atom. The van der Waals surface area contributed by atoms with Crippen molar-refractivity contribution in [3.63, 3.8) is 0 Å². The molecule has 0 aliphatic carbocycles. The van der Waals surface area contributed by atoms with Crippen molar-refractivity contribution in [3.05, 3.63) is 59.7 Å². The zero-order valence-electron chi connectivity index (χ0n) is 15.3. The van der Waals surface area contributed by atoms with Crippen LogP contribution >= 0.6 is 12.2 Å². The number of anilines is 2. The van der Waals surface area contributed by atoms with Crippen LogP contribution in [0.4, 0.5) is 11.4 Å². The molecule has 0 aromatic heterocycles. The number of benzene rings is 2. The van der Waals surface area contributed by atoms with E-state index in [1.165, 1.54) is 5.56 Å². The smallest absolute Gasteiger partial charge is 0.227 e. The van der Waals surface area contributed by atoms with Crippen molar-refractivity contribution in [2.45, 2.75) is 39.2 Å². The highest BCUT2D eigenvalue weighted by atomic mass is 32.1. The molecule has 0 radical (unpaired) electrons. The van der Waals surface area contributed by atoms with E-state index in [0.29, 0.717) is 11.5 Å². The monoisotopic (exact) mass is 367 g/mol. The average molecular weight is 368 g/mol. The van der Waals surface area contributed by atoms with Crippen LogP contribution in [-0.2, 0) is 4.79 Å². The highest BCUT2D eigenvalue weighted by Crippen LogP contribution is 2.27. The predicted octanol–water partition coefficient (Wildman–Crippen LogP) is 4.56. The van der Waals surface area contributed by atoms with Crippen molar-refractivity contribution in [1.29, 1.82) is 0 Å². The number of carbonyl (C=O) groups is 1. The van der Waals surface area contributed by atoms with E-state index in [2.05, 4.69) is 29.7 Å². The first kappa shape index (κ1) is 18.4. The Bertz CT molecular complexity index is 791. The van der Waals surface area contributed by atoms with Gasteiger partial charge in [-0.3, -0.25) is 4.79 Å². The zero-order chi connectivity index (χ0) is 18.5. The molecule has 2 aromatic carbocycles. The number of thiocarbonyl (C=S) groups is 1. The van der Waals surface area contributed by atoms with E-state index in [9.17, 15) is 4.79 Å². The normalized spacial score (nSPS) is 15.0.